The summed E-state index contributed by atoms with van der Waals surface area (Å²) >= 11 is 0. The Morgan fingerprint density at radius 2 is 1.80 bits per heavy atom. The SMILES string of the molecule is CCCNc1nc(NN2CCN(C)CC2)c(F)cc1F. The predicted octanol–water partition coefficient (Wildman–Crippen LogP) is 1.76. The first-order valence-corrected chi connectivity index (χ1v) is 6.90. The van der Waals surface area contributed by atoms with E-state index in [1.54, 1.807) is 0 Å². The largest absolute Gasteiger partial charge is 0.368 e. The van der Waals surface area contributed by atoms with Crippen molar-refractivity contribution in [1.82, 2.24) is 14.9 Å². The Kier molecular flexibility index (Phi) is 5.08. The number of aromatic nitrogens is 1. The molecule has 112 valence electrons. The summed E-state index contributed by atoms with van der Waals surface area (Å²) in [7, 11) is 2.04. The number of pyridine rings is 1. The molecule has 0 spiro atoms. The molecular weight excluding hydrogens is 264 g/mol. The lowest BCUT2D eigenvalue weighted by Gasteiger charge is -2.32. The maximum absolute atomic E-state index is 13.8. The maximum atomic E-state index is 13.8. The molecule has 0 aliphatic carbocycles. The van der Waals surface area contributed by atoms with Crippen molar-refractivity contribution in [3.63, 3.8) is 0 Å². The van der Waals surface area contributed by atoms with Crippen LogP contribution in [0.3, 0.4) is 0 Å². The monoisotopic (exact) mass is 285 g/mol. The molecular formula is C13H21F2N5. The first-order chi connectivity index (χ1) is 9.60. The highest BCUT2D eigenvalue weighted by Crippen LogP contribution is 2.19. The number of rotatable bonds is 5. The fraction of sp³-hybridized carbons (Fsp3) is 0.615. The number of halogens is 2. The van der Waals surface area contributed by atoms with Crippen LogP contribution < -0.4 is 10.7 Å². The fourth-order valence-electron chi connectivity index (χ4n) is 1.98. The molecule has 0 atom stereocenters. The molecule has 2 rings (SSSR count). The van der Waals surface area contributed by atoms with Crippen LogP contribution in [0.2, 0.25) is 0 Å². The number of anilines is 2. The number of piperazine rings is 1. The Morgan fingerprint density at radius 3 is 2.45 bits per heavy atom. The summed E-state index contributed by atoms with van der Waals surface area (Å²) in [5.74, 6) is -1.19. The van der Waals surface area contributed by atoms with Crippen molar-refractivity contribution in [2.24, 2.45) is 0 Å². The highest BCUT2D eigenvalue weighted by Gasteiger charge is 2.17. The molecule has 1 aliphatic heterocycles. The van der Waals surface area contributed by atoms with Crippen LogP contribution in [-0.2, 0) is 0 Å². The van der Waals surface area contributed by atoms with Crippen molar-refractivity contribution in [3.05, 3.63) is 17.7 Å². The van der Waals surface area contributed by atoms with Gasteiger partial charge < -0.3 is 15.6 Å². The van der Waals surface area contributed by atoms with Gasteiger partial charge in [-0.15, -0.1) is 0 Å². The molecule has 2 heterocycles. The number of hydrogen-bond acceptors (Lipinski definition) is 5. The zero-order valence-electron chi connectivity index (χ0n) is 11.9. The van der Waals surface area contributed by atoms with Gasteiger partial charge in [-0.05, 0) is 13.5 Å². The second-order valence-corrected chi connectivity index (χ2v) is 4.98. The lowest BCUT2D eigenvalue weighted by atomic mass is 10.3. The van der Waals surface area contributed by atoms with Gasteiger partial charge >= 0.3 is 0 Å². The minimum absolute atomic E-state index is 0.0644. The van der Waals surface area contributed by atoms with Crippen LogP contribution in [0.5, 0.6) is 0 Å². The summed E-state index contributed by atoms with van der Waals surface area (Å²) in [5, 5.41) is 4.75. The first-order valence-electron chi connectivity index (χ1n) is 6.90. The van der Waals surface area contributed by atoms with Crippen molar-refractivity contribution in [3.8, 4) is 0 Å². The van der Waals surface area contributed by atoms with Crippen molar-refractivity contribution in [2.45, 2.75) is 13.3 Å². The van der Waals surface area contributed by atoms with Gasteiger partial charge in [0.1, 0.15) is 0 Å². The van der Waals surface area contributed by atoms with E-state index in [9.17, 15) is 8.78 Å². The number of nitrogens with one attached hydrogen (secondary N) is 2. The summed E-state index contributed by atoms with van der Waals surface area (Å²) < 4.78 is 27.3. The molecule has 0 bridgehead atoms. The average molecular weight is 285 g/mol. The molecule has 1 aromatic heterocycles. The van der Waals surface area contributed by atoms with E-state index in [4.69, 9.17) is 0 Å². The van der Waals surface area contributed by atoms with Gasteiger partial charge in [-0.3, -0.25) is 0 Å². The van der Waals surface area contributed by atoms with E-state index in [1.165, 1.54) is 0 Å². The quantitative estimate of drug-likeness (QED) is 0.863. The molecule has 1 saturated heterocycles. The topological polar surface area (TPSA) is 43.4 Å². The van der Waals surface area contributed by atoms with Crippen molar-refractivity contribution in [1.29, 1.82) is 0 Å². The fourth-order valence-corrected chi connectivity index (χ4v) is 1.98. The Labute approximate surface area is 117 Å². The van der Waals surface area contributed by atoms with Crippen LogP contribution in [0, 0.1) is 11.6 Å². The molecule has 1 aliphatic rings. The Morgan fingerprint density at radius 1 is 1.15 bits per heavy atom. The van der Waals surface area contributed by atoms with Crippen LogP contribution >= 0.6 is 0 Å². The average Bonchev–Trinajstić information content (AvgIpc) is 2.43. The molecule has 5 nitrogen and oxygen atoms in total. The van der Waals surface area contributed by atoms with Crippen LogP contribution in [0.25, 0.3) is 0 Å². The Balaban J connectivity index is 2.06. The summed E-state index contributed by atoms with van der Waals surface area (Å²) in [6.45, 7) is 5.91. The van der Waals surface area contributed by atoms with Gasteiger partial charge in [0, 0.05) is 38.8 Å². The van der Waals surface area contributed by atoms with Gasteiger partial charge in [-0.25, -0.2) is 18.8 Å². The van der Waals surface area contributed by atoms with Gasteiger partial charge in [-0.2, -0.15) is 0 Å². The molecule has 2 N–H and O–H groups in total. The zero-order valence-corrected chi connectivity index (χ0v) is 11.9. The van der Waals surface area contributed by atoms with E-state index in [0.717, 1.165) is 38.7 Å². The lowest BCUT2D eigenvalue weighted by Crippen LogP contribution is -2.47. The first kappa shape index (κ1) is 14.9. The second-order valence-electron chi connectivity index (χ2n) is 4.98. The molecule has 20 heavy (non-hydrogen) atoms. The summed E-state index contributed by atoms with van der Waals surface area (Å²) in [6.07, 6.45) is 0.847. The number of hydrazine groups is 1. The van der Waals surface area contributed by atoms with E-state index >= 15 is 0 Å². The molecule has 7 heteroatoms. The molecule has 1 aromatic rings. The van der Waals surface area contributed by atoms with Crippen molar-refractivity contribution in [2.75, 3.05) is 50.5 Å². The van der Waals surface area contributed by atoms with Gasteiger partial charge in [0.05, 0.1) is 0 Å². The Bertz CT molecular complexity index is 447. The van der Waals surface area contributed by atoms with Gasteiger partial charge in [0.15, 0.2) is 23.3 Å². The van der Waals surface area contributed by atoms with Gasteiger partial charge in [-0.1, -0.05) is 6.92 Å². The van der Waals surface area contributed by atoms with Crippen LogP contribution in [-0.4, -0.2) is 54.7 Å². The third-order valence-electron chi connectivity index (χ3n) is 3.24. The highest BCUT2D eigenvalue weighted by molar-refractivity contribution is 5.47. The number of nitrogens with zero attached hydrogens (tertiary/aromatic N) is 3. The molecule has 0 unspecified atom stereocenters. The third-order valence-corrected chi connectivity index (χ3v) is 3.24. The predicted molar refractivity (Wildman–Crippen MR) is 75.6 cm³/mol. The van der Waals surface area contributed by atoms with E-state index in [1.807, 2.05) is 19.0 Å². The van der Waals surface area contributed by atoms with Crippen LogP contribution in [0.1, 0.15) is 13.3 Å². The summed E-state index contributed by atoms with van der Waals surface area (Å²) in [4.78, 5) is 6.19. The molecule has 0 amide bonds. The van der Waals surface area contributed by atoms with Crippen LogP contribution in [0.15, 0.2) is 6.07 Å². The molecule has 0 saturated carbocycles. The molecule has 0 radical (unpaired) electrons. The summed E-state index contributed by atoms with van der Waals surface area (Å²) in [5.41, 5.74) is 2.93. The maximum Gasteiger partial charge on any atom is 0.179 e. The Hall–Kier alpha value is -1.47. The normalized spacial score (nSPS) is 17.2. The van der Waals surface area contributed by atoms with E-state index in [-0.39, 0.29) is 11.6 Å². The summed E-state index contributed by atoms with van der Waals surface area (Å²) in [6, 6.07) is 0.864. The minimum atomic E-state index is -0.677. The standard InChI is InChI=1S/C13H21F2N5/c1-3-4-16-12-10(14)9-11(15)13(17-12)18-20-7-5-19(2)6-8-20/h9H,3-8H2,1-2H3,(H2,16,17,18). The lowest BCUT2D eigenvalue weighted by molar-refractivity contribution is 0.178. The third kappa shape index (κ3) is 3.77. The number of likely N-dealkylation sites (N-methyl/N-ethyl adjacent to an activating group) is 1. The van der Waals surface area contributed by atoms with Crippen molar-refractivity contribution < 1.29 is 8.78 Å². The van der Waals surface area contributed by atoms with E-state index in [2.05, 4.69) is 20.6 Å². The van der Waals surface area contributed by atoms with Crippen molar-refractivity contribution >= 4 is 11.6 Å². The second kappa shape index (κ2) is 6.81. The molecule has 1 fully saturated rings. The van der Waals surface area contributed by atoms with Crippen LogP contribution in [0.4, 0.5) is 20.4 Å². The smallest absolute Gasteiger partial charge is 0.179 e. The zero-order chi connectivity index (χ0) is 14.5. The highest BCUT2D eigenvalue weighted by atomic mass is 19.1. The van der Waals surface area contributed by atoms with Gasteiger partial charge in [0.2, 0.25) is 0 Å². The minimum Gasteiger partial charge on any atom is -0.368 e. The molecule has 0 aromatic carbocycles. The van der Waals surface area contributed by atoms with E-state index in [0.29, 0.717) is 6.54 Å². The van der Waals surface area contributed by atoms with E-state index < -0.39 is 11.6 Å². The van der Waals surface area contributed by atoms with Gasteiger partial charge in [0.25, 0.3) is 0 Å². The number of hydrogen-bond donors (Lipinski definition) is 2.